The molecule has 144 valence electrons. The monoisotopic (exact) mass is 342 g/mol. The number of guanidine groups is 2. The Balaban J connectivity index is 0. The first-order valence-electron chi connectivity index (χ1n) is 8.97. The lowest BCUT2D eigenvalue weighted by atomic mass is 10.3. The van der Waals surface area contributed by atoms with Crippen molar-refractivity contribution in [3.05, 3.63) is 0 Å². The van der Waals surface area contributed by atoms with Gasteiger partial charge in [-0.2, -0.15) is 0 Å². The van der Waals surface area contributed by atoms with Crippen LogP contribution in [0.15, 0.2) is 9.98 Å². The standard InChI is InChI=1S/2C9H21N3/c2*1-6-7-8-10-9(11(2)3)12(4)5/h2*6-8H2,1-5H3. The maximum atomic E-state index is 4.48. The highest BCUT2D eigenvalue weighted by molar-refractivity contribution is 5.79. The van der Waals surface area contributed by atoms with Crippen molar-refractivity contribution in [3.63, 3.8) is 0 Å². The molecule has 0 aliphatic carbocycles. The van der Waals surface area contributed by atoms with Crippen molar-refractivity contribution < 1.29 is 0 Å². The van der Waals surface area contributed by atoms with E-state index in [0.717, 1.165) is 25.0 Å². The zero-order chi connectivity index (χ0) is 19.1. The number of rotatable bonds is 6. The largest absolute Gasteiger partial charge is 0.349 e. The Morgan fingerprint density at radius 3 is 0.958 bits per heavy atom. The lowest BCUT2D eigenvalue weighted by molar-refractivity contribution is 0.478. The van der Waals surface area contributed by atoms with Gasteiger partial charge in [-0.15, -0.1) is 0 Å². The van der Waals surface area contributed by atoms with Crippen molar-refractivity contribution >= 4 is 11.9 Å². The van der Waals surface area contributed by atoms with E-state index in [0.29, 0.717) is 0 Å². The van der Waals surface area contributed by atoms with E-state index in [2.05, 4.69) is 23.8 Å². The van der Waals surface area contributed by atoms with Crippen molar-refractivity contribution in [2.24, 2.45) is 9.98 Å². The molecule has 0 aromatic carbocycles. The average molecular weight is 343 g/mol. The molecule has 0 unspecified atom stereocenters. The molecular formula is C18H42N6. The van der Waals surface area contributed by atoms with E-state index in [1.807, 2.05) is 76.0 Å². The molecule has 0 radical (unpaired) electrons. The molecule has 0 bridgehead atoms. The van der Waals surface area contributed by atoms with E-state index in [1.165, 1.54) is 25.7 Å². The van der Waals surface area contributed by atoms with Crippen molar-refractivity contribution in [2.75, 3.05) is 69.5 Å². The van der Waals surface area contributed by atoms with E-state index < -0.39 is 0 Å². The fourth-order valence-corrected chi connectivity index (χ4v) is 2.04. The van der Waals surface area contributed by atoms with Crippen LogP contribution in [0.2, 0.25) is 0 Å². The number of hydrogen-bond donors (Lipinski definition) is 0. The minimum atomic E-state index is 0.933. The molecule has 0 saturated carbocycles. The van der Waals surface area contributed by atoms with Gasteiger partial charge in [-0.05, 0) is 12.8 Å². The lowest BCUT2D eigenvalue weighted by Crippen LogP contribution is -2.35. The molecule has 0 N–H and O–H groups in total. The zero-order valence-electron chi connectivity index (χ0n) is 17.9. The predicted molar refractivity (Wildman–Crippen MR) is 109 cm³/mol. The molecule has 0 spiro atoms. The van der Waals surface area contributed by atoms with Gasteiger partial charge in [0.25, 0.3) is 0 Å². The van der Waals surface area contributed by atoms with Gasteiger partial charge in [-0.25, -0.2) is 0 Å². The highest BCUT2D eigenvalue weighted by Gasteiger charge is 2.02. The van der Waals surface area contributed by atoms with Gasteiger partial charge >= 0.3 is 0 Å². The van der Waals surface area contributed by atoms with Gasteiger partial charge in [0.05, 0.1) is 0 Å². The first-order chi connectivity index (χ1) is 11.2. The Morgan fingerprint density at radius 1 is 0.542 bits per heavy atom. The molecule has 24 heavy (non-hydrogen) atoms. The Bertz CT molecular complexity index is 291. The van der Waals surface area contributed by atoms with E-state index in [1.54, 1.807) is 0 Å². The first kappa shape index (κ1) is 24.8. The summed E-state index contributed by atoms with van der Waals surface area (Å²) in [6.45, 7) is 6.23. The van der Waals surface area contributed by atoms with E-state index >= 15 is 0 Å². The molecule has 0 aliphatic rings. The molecule has 0 aliphatic heterocycles. The smallest absolute Gasteiger partial charge is 0.195 e. The van der Waals surface area contributed by atoms with Crippen molar-refractivity contribution in [1.29, 1.82) is 0 Å². The van der Waals surface area contributed by atoms with Gasteiger partial charge in [-0.1, -0.05) is 26.7 Å². The normalized spacial score (nSPS) is 9.42. The quantitative estimate of drug-likeness (QED) is 0.422. The van der Waals surface area contributed by atoms with Gasteiger partial charge in [0.15, 0.2) is 11.9 Å². The molecule has 0 rings (SSSR count). The number of unbranched alkanes of at least 4 members (excludes halogenated alkanes) is 2. The van der Waals surface area contributed by atoms with Crippen LogP contribution in [0.3, 0.4) is 0 Å². The van der Waals surface area contributed by atoms with Gasteiger partial charge < -0.3 is 19.6 Å². The van der Waals surface area contributed by atoms with Crippen LogP contribution < -0.4 is 0 Å². The van der Waals surface area contributed by atoms with E-state index in [4.69, 9.17) is 0 Å². The molecule has 0 aromatic heterocycles. The highest BCUT2D eigenvalue weighted by Crippen LogP contribution is 1.93. The zero-order valence-corrected chi connectivity index (χ0v) is 17.9. The topological polar surface area (TPSA) is 37.7 Å². The summed E-state index contributed by atoms with van der Waals surface area (Å²) in [7, 11) is 16.1. The molecular weight excluding hydrogens is 300 g/mol. The Morgan fingerprint density at radius 2 is 0.792 bits per heavy atom. The van der Waals surface area contributed by atoms with Crippen LogP contribution in [0.1, 0.15) is 39.5 Å². The third-order valence-electron chi connectivity index (χ3n) is 3.13. The lowest BCUT2D eigenvalue weighted by Gasteiger charge is -2.22. The van der Waals surface area contributed by atoms with Crippen LogP contribution in [0.4, 0.5) is 0 Å². The Labute approximate surface area is 151 Å². The summed E-state index contributed by atoms with van der Waals surface area (Å²) in [5.74, 6) is 2.09. The molecule has 0 heterocycles. The van der Waals surface area contributed by atoms with Crippen molar-refractivity contribution in [1.82, 2.24) is 19.6 Å². The second-order valence-electron chi connectivity index (χ2n) is 6.65. The third kappa shape index (κ3) is 13.0. The van der Waals surface area contributed by atoms with Crippen molar-refractivity contribution in [3.8, 4) is 0 Å². The van der Waals surface area contributed by atoms with Gasteiger partial charge in [0.2, 0.25) is 0 Å². The van der Waals surface area contributed by atoms with Crippen LogP contribution in [-0.4, -0.2) is 101 Å². The molecule has 6 heteroatoms. The Kier molecular flexibility index (Phi) is 15.6. The second-order valence-corrected chi connectivity index (χ2v) is 6.65. The second kappa shape index (κ2) is 15.1. The summed E-state index contributed by atoms with van der Waals surface area (Å²) in [5, 5.41) is 0. The summed E-state index contributed by atoms with van der Waals surface area (Å²) < 4.78 is 0. The summed E-state index contributed by atoms with van der Waals surface area (Å²) in [5.41, 5.74) is 0. The fourth-order valence-electron chi connectivity index (χ4n) is 2.04. The molecule has 6 nitrogen and oxygen atoms in total. The summed E-state index contributed by atoms with van der Waals surface area (Å²) >= 11 is 0. The molecule has 0 amide bonds. The van der Waals surface area contributed by atoms with Crippen LogP contribution >= 0.6 is 0 Å². The maximum Gasteiger partial charge on any atom is 0.195 e. The van der Waals surface area contributed by atoms with Crippen molar-refractivity contribution in [2.45, 2.75) is 39.5 Å². The van der Waals surface area contributed by atoms with Crippen LogP contribution in [-0.2, 0) is 0 Å². The molecule has 0 saturated heterocycles. The summed E-state index contributed by atoms with van der Waals surface area (Å²) in [6.07, 6.45) is 4.76. The predicted octanol–water partition coefficient (Wildman–Crippen LogP) is 2.53. The Hall–Kier alpha value is -1.46. The number of hydrogen-bond acceptors (Lipinski definition) is 2. The molecule has 0 aromatic rings. The molecule has 0 fully saturated rings. The van der Waals surface area contributed by atoms with Gasteiger partial charge in [0.1, 0.15) is 0 Å². The number of aliphatic imine (C=N–C) groups is 2. The highest BCUT2D eigenvalue weighted by atomic mass is 15.3. The number of nitrogens with zero attached hydrogens (tertiary/aromatic N) is 6. The van der Waals surface area contributed by atoms with Gasteiger partial charge in [-0.3, -0.25) is 9.98 Å². The van der Waals surface area contributed by atoms with Crippen LogP contribution in [0.5, 0.6) is 0 Å². The minimum Gasteiger partial charge on any atom is -0.349 e. The fraction of sp³-hybridized carbons (Fsp3) is 0.889. The SMILES string of the molecule is CCCCN=C(N(C)C)N(C)C.CCCCN=C(N(C)C)N(C)C. The van der Waals surface area contributed by atoms with E-state index in [9.17, 15) is 0 Å². The van der Waals surface area contributed by atoms with E-state index in [-0.39, 0.29) is 0 Å². The maximum absolute atomic E-state index is 4.48. The first-order valence-corrected chi connectivity index (χ1v) is 8.97. The average Bonchev–Trinajstić information content (AvgIpc) is 2.47. The minimum absolute atomic E-state index is 0.933. The third-order valence-corrected chi connectivity index (χ3v) is 3.13. The van der Waals surface area contributed by atoms with Gasteiger partial charge in [0, 0.05) is 69.5 Å². The van der Waals surface area contributed by atoms with Crippen LogP contribution in [0.25, 0.3) is 0 Å². The summed E-state index contributed by atoms with van der Waals surface area (Å²) in [6, 6.07) is 0. The van der Waals surface area contributed by atoms with Crippen LogP contribution in [0, 0.1) is 0 Å². The molecule has 0 atom stereocenters. The summed E-state index contributed by atoms with van der Waals surface area (Å²) in [4.78, 5) is 17.1.